The van der Waals surface area contributed by atoms with E-state index in [-0.39, 0.29) is 0 Å². The van der Waals surface area contributed by atoms with Crippen LogP contribution in [0.1, 0.15) is 5.82 Å². The van der Waals surface area contributed by atoms with Gasteiger partial charge in [-0.25, -0.2) is 9.55 Å². The molecule has 0 amide bonds. The van der Waals surface area contributed by atoms with E-state index >= 15 is 0 Å². The van der Waals surface area contributed by atoms with Crippen molar-refractivity contribution >= 4 is 0 Å². The molecule has 0 aliphatic rings. The smallest absolute Gasteiger partial charge is 0.258 e. The molecule has 1 aromatic rings. The summed E-state index contributed by atoms with van der Waals surface area (Å²) in [5, 5.41) is 14.8. The maximum Gasteiger partial charge on any atom is 0.258 e. The highest BCUT2D eigenvalue weighted by Crippen LogP contribution is 1.88. The molecule has 6 heteroatoms. The Morgan fingerprint density at radius 1 is 1.47 bits per heavy atom. The van der Waals surface area contributed by atoms with Gasteiger partial charge in [-0.15, -0.1) is 6.58 Å². The minimum absolute atomic E-state index is 0.854. The van der Waals surface area contributed by atoms with Gasteiger partial charge in [-0.1, -0.05) is 18.7 Å². The Balaban J connectivity index is 0.000000423. The van der Waals surface area contributed by atoms with Crippen molar-refractivity contribution in [2.45, 2.75) is 13.0 Å². The van der Waals surface area contributed by atoms with Crippen LogP contribution >= 0.6 is 0 Å². The van der Waals surface area contributed by atoms with Crippen LogP contribution in [0.15, 0.2) is 37.7 Å². The zero-order valence-electron chi connectivity index (χ0n) is 8.26. The van der Waals surface area contributed by atoms with E-state index in [9.17, 15) is 0 Å². The van der Waals surface area contributed by atoms with Gasteiger partial charge in [0.2, 0.25) is 0 Å². The topological polar surface area (TPSA) is 85.9 Å². The third kappa shape index (κ3) is 6.03. The van der Waals surface area contributed by atoms with E-state index in [2.05, 4.69) is 22.7 Å². The van der Waals surface area contributed by atoms with Crippen LogP contribution in [0.2, 0.25) is 0 Å². The lowest BCUT2D eigenvalue weighted by Gasteiger charge is -1.92. The summed E-state index contributed by atoms with van der Waals surface area (Å²) >= 11 is 0. The average molecular weight is 211 g/mol. The lowest BCUT2D eigenvalue weighted by atomic mass is 10.4. The molecule has 82 valence electrons. The summed E-state index contributed by atoms with van der Waals surface area (Å²) in [5.41, 5.74) is 0. The number of hydrogen-bond donors (Lipinski definition) is 1. The van der Waals surface area contributed by atoms with Crippen LogP contribution in [0.25, 0.3) is 0 Å². The van der Waals surface area contributed by atoms with E-state index in [1.165, 1.54) is 5.82 Å². The van der Waals surface area contributed by atoms with E-state index in [1.54, 1.807) is 0 Å². The largest absolute Gasteiger partial charge is 0.356 e. The lowest BCUT2D eigenvalue weighted by Crippen LogP contribution is -2.34. The fourth-order valence-corrected chi connectivity index (χ4v) is 1.02. The monoisotopic (exact) mass is 211 g/mol. The number of imidazole rings is 1. The second kappa shape index (κ2) is 7.31. The Hall–Kier alpha value is -2.11. The number of rotatable bonds is 4. The molecule has 0 fully saturated rings. The number of nitrogens with one attached hydrogen (secondary N) is 1. The van der Waals surface area contributed by atoms with E-state index in [1.807, 2.05) is 24.5 Å². The molecule has 0 spiro atoms. The Morgan fingerprint density at radius 3 is 2.53 bits per heavy atom. The molecular formula is C9H13N3O3. The minimum Gasteiger partial charge on any atom is -0.356 e. The zero-order chi connectivity index (χ0) is 11.7. The molecule has 0 bridgehead atoms. The van der Waals surface area contributed by atoms with Crippen molar-refractivity contribution in [2.24, 2.45) is 0 Å². The summed E-state index contributed by atoms with van der Waals surface area (Å²) in [6.07, 6.45) is 8.55. The molecule has 0 radical (unpaired) electrons. The second-order valence-electron chi connectivity index (χ2n) is 2.56. The van der Waals surface area contributed by atoms with Gasteiger partial charge in [0.05, 0.1) is 11.5 Å². The second-order valence-corrected chi connectivity index (χ2v) is 2.56. The number of hydrogen-bond acceptors (Lipinski definition) is 3. The van der Waals surface area contributed by atoms with Gasteiger partial charge in [0.25, 0.3) is 5.82 Å². The predicted molar refractivity (Wildman–Crippen MR) is 55.4 cm³/mol. The molecule has 15 heavy (non-hydrogen) atoms. The molecule has 1 N–H and O–H groups in total. The molecule has 1 rings (SSSR count). The standard InChI is InChI=1S/C9H12N2.NO3/c1-3-5-9-10-6-8-11(9)7-4-2;2-1(3)4/h3-4,6,8H,1-2,5,7H2;/q;-1/p+1. The Bertz CT molecular complexity index is 305. The molecule has 0 saturated heterocycles. The first-order chi connectivity index (χ1) is 7.11. The summed E-state index contributed by atoms with van der Waals surface area (Å²) in [6, 6.07) is 0. The highest BCUT2D eigenvalue weighted by molar-refractivity contribution is 4.86. The summed E-state index contributed by atoms with van der Waals surface area (Å²) < 4.78 is 2.11. The quantitative estimate of drug-likeness (QED) is 0.348. The molecule has 0 aliphatic carbocycles. The molecule has 0 saturated carbocycles. The third-order valence-corrected chi connectivity index (χ3v) is 1.51. The van der Waals surface area contributed by atoms with E-state index < -0.39 is 5.09 Å². The lowest BCUT2D eigenvalue weighted by molar-refractivity contribution is -0.692. The number of allylic oxidation sites excluding steroid dienone is 2. The summed E-state index contributed by atoms with van der Waals surface area (Å²) in [7, 11) is 0. The van der Waals surface area contributed by atoms with Gasteiger partial charge in [-0.3, -0.25) is 0 Å². The Labute approximate surface area is 87.3 Å². The zero-order valence-corrected chi connectivity index (χ0v) is 8.26. The van der Waals surface area contributed by atoms with Crippen molar-refractivity contribution in [2.75, 3.05) is 0 Å². The maximum absolute atomic E-state index is 8.25. The number of aromatic nitrogens is 2. The van der Waals surface area contributed by atoms with Crippen molar-refractivity contribution in [3.8, 4) is 0 Å². The number of aromatic amines is 1. The molecular weight excluding hydrogens is 198 g/mol. The van der Waals surface area contributed by atoms with E-state index in [4.69, 9.17) is 15.3 Å². The van der Waals surface area contributed by atoms with Crippen LogP contribution < -0.4 is 4.57 Å². The third-order valence-electron chi connectivity index (χ3n) is 1.51. The SMILES string of the molecule is C=CCc1[nH]cc[n+]1CC=C.O=[N+]([O-])[O-]. The number of nitrogens with zero attached hydrogens (tertiary/aromatic N) is 2. The Morgan fingerprint density at radius 2 is 2.07 bits per heavy atom. The normalized spacial score (nSPS) is 8.53. The highest BCUT2D eigenvalue weighted by Gasteiger charge is 2.04. The Kier molecular flexibility index (Phi) is 6.28. The fraction of sp³-hybridized carbons (Fsp3) is 0.222. The van der Waals surface area contributed by atoms with Crippen LogP contribution in [0.5, 0.6) is 0 Å². The summed E-state index contributed by atoms with van der Waals surface area (Å²) in [5.74, 6) is 1.17. The van der Waals surface area contributed by atoms with Crippen molar-refractivity contribution < 1.29 is 9.65 Å². The molecule has 0 aliphatic heterocycles. The molecule has 0 atom stereocenters. The van der Waals surface area contributed by atoms with Crippen LogP contribution in [-0.2, 0) is 13.0 Å². The van der Waals surface area contributed by atoms with Gasteiger partial charge >= 0.3 is 0 Å². The van der Waals surface area contributed by atoms with Crippen LogP contribution in [-0.4, -0.2) is 10.1 Å². The molecule has 0 unspecified atom stereocenters. The number of H-pyrrole nitrogens is 1. The average Bonchev–Trinajstić information content (AvgIpc) is 2.53. The maximum atomic E-state index is 8.25. The van der Waals surface area contributed by atoms with Crippen LogP contribution in [0, 0.1) is 15.3 Å². The van der Waals surface area contributed by atoms with Crippen molar-refractivity contribution in [3.63, 3.8) is 0 Å². The van der Waals surface area contributed by atoms with Crippen LogP contribution in [0.4, 0.5) is 0 Å². The van der Waals surface area contributed by atoms with Gasteiger partial charge in [0.15, 0.2) is 0 Å². The summed E-state index contributed by atoms with van der Waals surface area (Å²) in [4.78, 5) is 11.4. The van der Waals surface area contributed by atoms with Crippen molar-refractivity contribution in [1.82, 2.24) is 4.98 Å². The predicted octanol–water partition coefficient (Wildman–Crippen LogP) is 0.978. The van der Waals surface area contributed by atoms with Crippen LogP contribution in [0.3, 0.4) is 0 Å². The first-order valence-corrected chi connectivity index (χ1v) is 4.20. The van der Waals surface area contributed by atoms with Gasteiger partial charge in [-0.05, 0) is 0 Å². The molecule has 1 heterocycles. The fourth-order valence-electron chi connectivity index (χ4n) is 1.02. The molecule has 6 nitrogen and oxygen atoms in total. The van der Waals surface area contributed by atoms with Crippen molar-refractivity contribution in [1.29, 1.82) is 0 Å². The van der Waals surface area contributed by atoms with Gasteiger partial charge in [0, 0.05) is 0 Å². The van der Waals surface area contributed by atoms with E-state index in [0.29, 0.717) is 0 Å². The van der Waals surface area contributed by atoms with Gasteiger partial charge in [0.1, 0.15) is 18.9 Å². The first kappa shape index (κ1) is 12.9. The molecule has 1 aromatic heterocycles. The van der Waals surface area contributed by atoms with Crippen molar-refractivity contribution in [3.05, 3.63) is 58.8 Å². The van der Waals surface area contributed by atoms with Gasteiger partial charge in [-0.2, -0.15) is 0 Å². The first-order valence-electron chi connectivity index (χ1n) is 4.20. The minimum atomic E-state index is -1.75. The van der Waals surface area contributed by atoms with E-state index in [0.717, 1.165) is 13.0 Å². The molecule has 0 aromatic carbocycles. The summed E-state index contributed by atoms with van der Waals surface area (Å²) in [6.45, 7) is 8.21. The van der Waals surface area contributed by atoms with Gasteiger partial charge < -0.3 is 15.3 Å². The highest BCUT2D eigenvalue weighted by atomic mass is 16.9.